The molecule has 1 nitrogen and oxygen atoms in total. The van der Waals surface area contributed by atoms with Gasteiger partial charge < -0.3 is 0 Å². The molecule has 0 N–H and O–H groups in total. The third kappa shape index (κ3) is 1.78. The summed E-state index contributed by atoms with van der Waals surface area (Å²) in [7, 11) is 5.58. The summed E-state index contributed by atoms with van der Waals surface area (Å²) in [6.07, 6.45) is 1.72. The van der Waals surface area contributed by atoms with E-state index in [9.17, 15) is 0 Å². The number of hydrogen-bond donors (Lipinski definition) is 0. The van der Waals surface area contributed by atoms with E-state index in [1.54, 1.807) is 6.20 Å². The quantitative estimate of drug-likeness (QED) is 0.584. The summed E-state index contributed by atoms with van der Waals surface area (Å²) < 4.78 is 0. The van der Waals surface area contributed by atoms with Crippen molar-refractivity contribution in [3.8, 4) is 11.1 Å². The van der Waals surface area contributed by atoms with E-state index in [0.29, 0.717) is 5.59 Å². The molecule has 1 aromatic heterocycles. The maximum Gasteiger partial charge on any atom is 0.141 e. The summed E-state index contributed by atoms with van der Waals surface area (Å²) in [6, 6.07) is 13.9. The van der Waals surface area contributed by atoms with Gasteiger partial charge in [-0.05, 0) is 28.9 Å². The second-order valence-corrected chi connectivity index (χ2v) is 2.84. The smallest absolute Gasteiger partial charge is 0.141 e. The van der Waals surface area contributed by atoms with E-state index in [0.717, 1.165) is 11.1 Å². The van der Waals surface area contributed by atoms with Crippen LogP contribution in [-0.4, -0.2) is 12.8 Å². The van der Waals surface area contributed by atoms with Crippen molar-refractivity contribution in [2.75, 3.05) is 0 Å². The first kappa shape index (κ1) is 8.05. The van der Waals surface area contributed by atoms with Gasteiger partial charge in [-0.3, -0.25) is 4.98 Å². The highest BCUT2D eigenvalue weighted by molar-refractivity contribution is 6.30. The summed E-state index contributed by atoms with van der Waals surface area (Å²) in [5.74, 6) is 0. The average molecular weight is 165 g/mol. The van der Waals surface area contributed by atoms with Gasteiger partial charge in [-0.1, -0.05) is 30.3 Å². The van der Waals surface area contributed by atoms with Crippen molar-refractivity contribution < 1.29 is 0 Å². The maximum atomic E-state index is 5.58. The van der Waals surface area contributed by atoms with Gasteiger partial charge in [0.1, 0.15) is 7.85 Å². The highest BCUT2D eigenvalue weighted by atomic mass is 14.6. The van der Waals surface area contributed by atoms with E-state index < -0.39 is 0 Å². The van der Waals surface area contributed by atoms with Gasteiger partial charge in [0.15, 0.2) is 0 Å². The van der Waals surface area contributed by atoms with Crippen LogP contribution in [0.1, 0.15) is 0 Å². The Kier molecular flexibility index (Phi) is 2.13. The Morgan fingerprint density at radius 2 is 1.69 bits per heavy atom. The number of aromatic nitrogens is 1. The standard InChI is InChI=1S/C11H8BN/c12-11-8-10(6-7-13-11)9-4-2-1-3-5-9/h1-8H. The fourth-order valence-corrected chi connectivity index (χ4v) is 1.26. The highest BCUT2D eigenvalue weighted by Gasteiger charge is 1.95. The van der Waals surface area contributed by atoms with Crippen LogP contribution in [0.25, 0.3) is 11.1 Å². The zero-order valence-corrected chi connectivity index (χ0v) is 7.14. The fourth-order valence-electron chi connectivity index (χ4n) is 1.26. The molecule has 0 saturated heterocycles. The van der Waals surface area contributed by atoms with Crippen LogP contribution in [0.3, 0.4) is 0 Å². The second-order valence-electron chi connectivity index (χ2n) is 2.84. The number of pyridine rings is 1. The van der Waals surface area contributed by atoms with Crippen molar-refractivity contribution in [3.63, 3.8) is 0 Å². The number of rotatable bonds is 1. The molecule has 0 unspecified atom stereocenters. The third-order valence-electron chi connectivity index (χ3n) is 1.89. The Labute approximate surface area is 78.9 Å². The van der Waals surface area contributed by atoms with Gasteiger partial charge in [-0.15, -0.1) is 0 Å². The lowest BCUT2D eigenvalue weighted by Crippen LogP contribution is -2.06. The lowest BCUT2D eigenvalue weighted by Gasteiger charge is -2.01. The van der Waals surface area contributed by atoms with E-state index in [2.05, 4.69) is 17.1 Å². The summed E-state index contributed by atoms with van der Waals surface area (Å²) in [4.78, 5) is 3.94. The molecule has 60 valence electrons. The van der Waals surface area contributed by atoms with Gasteiger partial charge in [0, 0.05) is 6.20 Å². The average Bonchev–Trinajstić information content (AvgIpc) is 2.19. The van der Waals surface area contributed by atoms with Crippen LogP contribution in [0.2, 0.25) is 0 Å². The number of hydrogen-bond acceptors (Lipinski definition) is 1. The Bertz CT molecular complexity index is 398. The van der Waals surface area contributed by atoms with Crippen LogP contribution in [0.15, 0.2) is 48.7 Å². The molecule has 0 atom stereocenters. The van der Waals surface area contributed by atoms with Crippen molar-refractivity contribution in [2.45, 2.75) is 0 Å². The van der Waals surface area contributed by atoms with E-state index in [1.165, 1.54) is 0 Å². The van der Waals surface area contributed by atoms with Gasteiger partial charge in [0.05, 0.1) is 0 Å². The van der Waals surface area contributed by atoms with Crippen molar-refractivity contribution in [2.24, 2.45) is 0 Å². The molecule has 2 heteroatoms. The number of nitrogens with zero attached hydrogens (tertiary/aromatic N) is 1. The second kappa shape index (κ2) is 3.44. The molecule has 0 aliphatic rings. The van der Waals surface area contributed by atoms with E-state index >= 15 is 0 Å². The van der Waals surface area contributed by atoms with Crippen molar-refractivity contribution in [3.05, 3.63) is 48.7 Å². The summed E-state index contributed by atoms with van der Waals surface area (Å²) >= 11 is 0. The highest BCUT2D eigenvalue weighted by Crippen LogP contribution is 2.15. The first-order valence-electron chi connectivity index (χ1n) is 4.13. The van der Waals surface area contributed by atoms with Gasteiger partial charge in [-0.25, -0.2) is 0 Å². The SMILES string of the molecule is [B]c1cc(-c2ccccc2)ccn1. The van der Waals surface area contributed by atoms with E-state index in [1.807, 2.05) is 30.3 Å². The molecule has 0 saturated carbocycles. The third-order valence-corrected chi connectivity index (χ3v) is 1.89. The first-order chi connectivity index (χ1) is 6.36. The van der Waals surface area contributed by atoms with Gasteiger partial charge in [-0.2, -0.15) is 0 Å². The lowest BCUT2D eigenvalue weighted by atomic mass is 9.99. The Morgan fingerprint density at radius 1 is 0.923 bits per heavy atom. The van der Waals surface area contributed by atoms with Crippen LogP contribution >= 0.6 is 0 Å². The molecule has 0 aliphatic carbocycles. The zero-order valence-electron chi connectivity index (χ0n) is 7.14. The van der Waals surface area contributed by atoms with E-state index in [4.69, 9.17) is 7.85 Å². The Hall–Kier alpha value is -1.57. The molecule has 13 heavy (non-hydrogen) atoms. The summed E-state index contributed by atoms with van der Waals surface area (Å²) in [5.41, 5.74) is 2.83. The predicted octanol–water partition coefficient (Wildman–Crippen LogP) is 1.54. The minimum Gasteiger partial charge on any atom is -0.273 e. The molecule has 1 aromatic carbocycles. The topological polar surface area (TPSA) is 12.9 Å². The molecule has 0 bridgehead atoms. The molecule has 0 fully saturated rings. The van der Waals surface area contributed by atoms with Gasteiger partial charge >= 0.3 is 0 Å². The van der Waals surface area contributed by atoms with Crippen LogP contribution in [0, 0.1) is 0 Å². The van der Waals surface area contributed by atoms with Crippen LogP contribution in [0.4, 0.5) is 0 Å². The van der Waals surface area contributed by atoms with Crippen molar-refractivity contribution in [1.82, 2.24) is 4.98 Å². The molecular weight excluding hydrogens is 157 g/mol. The largest absolute Gasteiger partial charge is 0.273 e. The minimum absolute atomic E-state index is 0.557. The first-order valence-corrected chi connectivity index (χ1v) is 4.13. The lowest BCUT2D eigenvalue weighted by molar-refractivity contribution is 1.39. The molecule has 2 rings (SSSR count). The predicted molar refractivity (Wildman–Crippen MR) is 55.1 cm³/mol. The monoisotopic (exact) mass is 165 g/mol. The van der Waals surface area contributed by atoms with E-state index in [-0.39, 0.29) is 0 Å². The van der Waals surface area contributed by atoms with Crippen molar-refractivity contribution >= 4 is 13.4 Å². The summed E-state index contributed by atoms with van der Waals surface area (Å²) in [5, 5.41) is 0. The molecule has 2 aromatic rings. The minimum atomic E-state index is 0.557. The van der Waals surface area contributed by atoms with Crippen molar-refractivity contribution in [1.29, 1.82) is 0 Å². The molecular formula is C11H8BN. The van der Waals surface area contributed by atoms with Gasteiger partial charge in [0.25, 0.3) is 0 Å². The van der Waals surface area contributed by atoms with Crippen LogP contribution in [-0.2, 0) is 0 Å². The molecule has 0 amide bonds. The number of benzene rings is 1. The maximum absolute atomic E-state index is 5.58. The Morgan fingerprint density at radius 3 is 2.38 bits per heavy atom. The Balaban J connectivity index is 2.48. The molecule has 0 spiro atoms. The molecule has 1 heterocycles. The normalized spacial score (nSPS) is 9.85. The summed E-state index contributed by atoms with van der Waals surface area (Å²) in [6.45, 7) is 0. The van der Waals surface area contributed by atoms with Crippen LogP contribution in [0.5, 0.6) is 0 Å². The molecule has 0 aliphatic heterocycles. The fraction of sp³-hybridized carbons (Fsp3) is 0. The zero-order chi connectivity index (χ0) is 9.10. The van der Waals surface area contributed by atoms with Gasteiger partial charge in [0.2, 0.25) is 0 Å². The molecule has 2 radical (unpaired) electrons. The van der Waals surface area contributed by atoms with Crippen LogP contribution < -0.4 is 5.59 Å².